The number of aromatic nitrogens is 2. The number of pyridine rings is 1. The molecule has 1 atom stereocenters. The van der Waals surface area contributed by atoms with E-state index in [1.807, 2.05) is 6.20 Å². The fourth-order valence-electron chi connectivity index (χ4n) is 4.37. The number of nitrogens with zero attached hydrogens (tertiary/aromatic N) is 2. The Hall–Kier alpha value is -2.27. The van der Waals surface area contributed by atoms with E-state index in [0.717, 1.165) is 30.7 Å². The molecule has 1 aliphatic heterocycles. The number of benzene rings is 1. The van der Waals surface area contributed by atoms with Gasteiger partial charge in [-0.1, -0.05) is 50.2 Å². The molecule has 3 aromatic rings. The van der Waals surface area contributed by atoms with E-state index in [1.165, 1.54) is 26.3 Å². The maximum absolute atomic E-state index is 11.6. The summed E-state index contributed by atoms with van der Waals surface area (Å²) in [5.41, 5.74) is 4.64. The van der Waals surface area contributed by atoms with E-state index in [2.05, 4.69) is 62.6 Å². The largest absolute Gasteiger partial charge is 0.481 e. The Balaban J connectivity index is 1.99. The van der Waals surface area contributed by atoms with Crippen molar-refractivity contribution >= 4 is 28.8 Å². The van der Waals surface area contributed by atoms with E-state index < -0.39 is 5.97 Å². The second kappa shape index (κ2) is 7.52. The lowest BCUT2D eigenvalue weighted by Gasteiger charge is -2.25. The normalized spacial score (nSPS) is 16.8. The highest BCUT2D eigenvalue weighted by Crippen LogP contribution is 2.47. The Morgan fingerprint density at radius 1 is 1.24 bits per heavy atom. The number of fused-ring (bicyclic) bond motifs is 3. The van der Waals surface area contributed by atoms with Crippen molar-refractivity contribution in [2.75, 3.05) is 0 Å². The molecule has 0 saturated carbocycles. The van der Waals surface area contributed by atoms with Gasteiger partial charge in [-0.25, -0.2) is 4.98 Å². The molecule has 0 amide bonds. The molecular formula is C24H28N2O2S. The van der Waals surface area contributed by atoms with Crippen molar-refractivity contribution in [3.8, 4) is 0 Å². The minimum atomic E-state index is -0.732. The molecule has 0 spiro atoms. The standard InChI is InChI=1S/C24H28N2O2S/c1-15-7-9-17(10-8-15)29-22-20-18(24(2,3)4)11-12-25-23(20)26-13-5-6-16(21(22)26)14-19(27)28/h7-12,16H,5-6,13-14H2,1-4H3,(H,27,28). The predicted molar refractivity (Wildman–Crippen MR) is 118 cm³/mol. The minimum absolute atomic E-state index is 0.0242. The molecular weight excluding hydrogens is 380 g/mol. The van der Waals surface area contributed by atoms with Gasteiger partial charge >= 0.3 is 5.97 Å². The van der Waals surface area contributed by atoms with Crippen molar-refractivity contribution in [1.29, 1.82) is 0 Å². The Morgan fingerprint density at radius 3 is 2.62 bits per heavy atom. The Bertz CT molecular complexity index is 1060. The molecule has 2 aromatic heterocycles. The summed E-state index contributed by atoms with van der Waals surface area (Å²) in [4.78, 5) is 18.7. The van der Waals surface area contributed by atoms with Gasteiger partial charge in [0.1, 0.15) is 5.65 Å². The molecule has 152 valence electrons. The van der Waals surface area contributed by atoms with Crippen molar-refractivity contribution in [3.05, 3.63) is 53.3 Å². The Labute approximate surface area is 176 Å². The van der Waals surface area contributed by atoms with Gasteiger partial charge in [0.15, 0.2) is 0 Å². The number of hydrogen-bond acceptors (Lipinski definition) is 3. The summed E-state index contributed by atoms with van der Waals surface area (Å²) in [5, 5.41) is 10.7. The SMILES string of the molecule is Cc1ccc(Sc2c3n(c4nccc(C(C)(C)C)c24)CCCC3CC(=O)O)cc1. The molecule has 1 unspecified atom stereocenters. The second-order valence-electron chi connectivity index (χ2n) is 9.03. The van der Waals surface area contributed by atoms with Crippen LogP contribution in [0.2, 0.25) is 0 Å². The number of carboxylic acid groups (broad SMARTS) is 1. The zero-order chi connectivity index (χ0) is 20.8. The molecule has 0 fully saturated rings. The Kier molecular flexibility index (Phi) is 5.19. The maximum Gasteiger partial charge on any atom is 0.304 e. The van der Waals surface area contributed by atoms with Crippen LogP contribution < -0.4 is 0 Å². The molecule has 1 N–H and O–H groups in total. The lowest BCUT2D eigenvalue weighted by molar-refractivity contribution is -0.137. The van der Waals surface area contributed by atoms with Crippen LogP contribution in [0.25, 0.3) is 11.0 Å². The van der Waals surface area contributed by atoms with Crippen LogP contribution in [0.3, 0.4) is 0 Å². The highest BCUT2D eigenvalue weighted by Gasteiger charge is 2.32. The van der Waals surface area contributed by atoms with E-state index >= 15 is 0 Å². The van der Waals surface area contributed by atoms with Crippen LogP contribution in [0, 0.1) is 6.92 Å². The molecule has 4 nitrogen and oxygen atoms in total. The van der Waals surface area contributed by atoms with Crippen molar-refractivity contribution in [2.45, 2.75) is 74.6 Å². The van der Waals surface area contributed by atoms with Gasteiger partial charge in [0.2, 0.25) is 0 Å². The fraction of sp³-hybridized carbons (Fsp3) is 0.417. The summed E-state index contributed by atoms with van der Waals surface area (Å²) in [5.74, 6) is -0.708. The summed E-state index contributed by atoms with van der Waals surface area (Å²) >= 11 is 1.75. The Morgan fingerprint density at radius 2 is 1.97 bits per heavy atom. The van der Waals surface area contributed by atoms with Gasteiger partial charge in [0.25, 0.3) is 0 Å². The smallest absolute Gasteiger partial charge is 0.304 e. The lowest BCUT2D eigenvalue weighted by Crippen LogP contribution is -2.18. The van der Waals surface area contributed by atoms with Crippen LogP contribution in [0.5, 0.6) is 0 Å². The highest BCUT2D eigenvalue weighted by atomic mass is 32.2. The second-order valence-corrected chi connectivity index (χ2v) is 10.1. The number of carbonyl (C=O) groups is 1. The van der Waals surface area contributed by atoms with Crippen LogP contribution in [0.15, 0.2) is 46.3 Å². The first kappa shape index (κ1) is 20.0. The zero-order valence-electron chi connectivity index (χ0n) is 17.5. The summed E-state index contributed by atoms with van der Waals surface area (Å²) in [6.45, 7) is 9.68. The van der Waals surface area contributed by atoms with E-state index in [9.17, 15) is 9.90 Å². The molecule has 5 heteroatoms. The average Bonchev–Trinajstić information content (AvgIpc) is 2.97. The van der Waals surface area contributed by atoms with Gasteiger partial charge in [-0.3, -0.25) is 4.79 Å². The number of carboxylic acids is 1. The van der Waals surface area contributed by atoms with E-state index in [1.54, 1.807) is 11.8 Å². The van der Waals surface area contributed by atoms with Crippen LogP contribution in [-0.4, -0.2) is 20.6 Å². The number of aryl methyl sites for hydroxylation is 2. The maximum atomic E-state index is 11.6. The van der Waals surface area contributed by atoms with Crippen molar-refractivity contribution in [2.24, 2.45) is 0 Å². The molecule has 1 aliphatic rings. The molecule has 0 saturated heterocycles. The van der Waals surface area contributed by atoms with Gasteiger partial charge in [-0.05, 0) is 48.9 Å². The molecule has 0 aliphatic carbocycles. The van der Waals surface area contributed by atoms with Gasteiger partial charge in [-0.2, -0.15) is 0 Å². The quantitative estimate of drug-likeness (QED) is 0.563. The minimum Gasteiger partial charge on any atom is -0.481 e. The number of rotatable bonds is 4. The number of hydrogen-bond donors (Lipinski definition) is 1. The molecule has 3 heterocycles. The first-order valence-electron chi connectivity index (χ1n) is 10.2. The summed E-state index contributed by atoms with van der Waals surface area (Å²) in [7, 11) is 0. The first-order valence-corrected chi connectivity index (χ1v) is 11.0. The molecule has 4 rings (SSSR count). The fourth-order valence-corrected chi connectivity index (χ4v) is 5.56. The van der Waals surface area contributed by atoms with Crippen molar-refractivity contribution < 1.29 is 9.90 Å². The van der Waals surface area contributed by atoms with E-state index in [4.69, 9.17) is 4.98 Å². The first-order chi connectivity index (χ1) is 13.8. The van der Waals surface area contributed by atoms with Gasteiger partial charge < -0.3 is 9.67 Å². The third-order valence-electron chi connectivity index (χ3n) is 5.73. The molecule has 29 heavy (non-hydrogen) atoms. The monoisotopic (exact) mass is 408 g/mol. The lowest BCUT2D eigenvalue weighted by atomic mass is 9.85. The summed E-state index contributed by atoms with van der Waals surface area (Å²) in [6, 6.07) is 10.7. The third kappa shape index (κ3) is 3.80. The van der Waals surface area contributed by atoms with Gasteiger partial charge in [-0.15, -0.1) is 0 Å². The van der Waals surface area contributed by atoms with E-state index in [0.29, 0.717) is 0 Å². The highest BCUT2D eigenvalue weighted by molar-refractivity contribution is 7.99. The van der Waals surface area contributed by atoms with Crippen LogP contribution in [-0.2, 0) is 16.8 Å². The van der Waals surface area contributed by atoms with Crippen molar-refractivity contribution in [3.63, 3.8) is 0 Å². The van der Waals surface area contributed by atoms with E-state index in [-0.39, 0.29) is 17.8 Å². The molecule has 1 aromatic carbocycles. The van der Waals surface area contributed by atoms with Crippen molar-refractivity contribution in [1.82, 2.24) is 9.55 Å². The van der Waals surface area contributed by atoms with Crippen LogP contribution >= 0.6 is 11.8 Å². The molecule has 0 radical (unpaired) electrons. The summed E-state index contributed by atoms with van der Waals surface area (Å²) in [6.07, 6.45) is 3.97. The average molecular weight is 409 g/mol. The molecule has 0 bridgehead atoms. The van der Waals surface area contributed by atoms with Crippen LogP contribution in [0.1, 0.15) is 62.8 Å². The van der Waals surface area contributed by atoms with Crippen LogP contribution in [0.4, 0.5) is 0 Å². The van der Waals surface area contributed by atoms with Gasteiger partial charge in [0.05, 0.1) is 6.42 Å². The zero-order valence-corrected chi connectivity index (χ0v) is 18.3. The van der Waals surface area contributed by atoms with Gasteiger partial charge in [0, 0.05) is 39.5 Å². The summed E-state index contributed by atoms with van der Waals surface area (Å²) < 4.78 is 2.29. The predicted octanol–water partition coefficient (Wildman–Crippen LogP) is 6.15. The topological polar surface area (TPSA) is 55.1 Å². The third-order valence-corrected chi connectivity index (χ3v) is 6.85. The number of aliphatic carboxylic acids is 1.